The first-order chi connectivity index (χ1) is 9.36. The van der Waals surface area contributed by atoms with E-state index in [1.165, 1.54) is 7.11 Å². The molecule has 0 heterocycles. The second-order valence-electron chi connectivity index (χ2n) is 5.61. The number of carbonyl (C=O) groups excluding carboxylic acids is 1. The maximum atomic E-state index is 11.1. The molecular weight excluding hydrogens is 254 g/mol. The molecule has 0 atom stereocenters. The van der Waals surface area contributed by atoms with Crippen LogP contribution in [0.1, 0.15) is 56.2 Å². The average molecular weight is 279 g/mol. The lowest BCUT2D eigenvalue weighted by Gasteiger charge is -2.17. The van der Waals surface area contributed by atoms with Gasteiger partial charge in [-0.1, -0.05) is 39.8 Å². The summed E-state index contributed by atoms with van der Waals surface area (Å²) in [7, 11) is 1.37. The molecule has 0 aliphatic rings. The molecule has 1 aromatic carbocycles. The number of phenolic OH excluding ortho intramolecular Hbond substituents is 1. The normalized spacial score (nSPS) is 11.2. The number of hydrogen-bond donors (Lipinski definition) is 2. The molecule has 0 fully saturated rings. The number of esters is 1. The first kappa shape index (κ1) is 16.5. The van der Waals surface area contributed by atoms with E-state index in [0.717, 1.165) is 16.7 Å². The molecule has 0 radical (unpaired) electrons. The number of nitrogens with one attached hydrogen (secondary N) is 1. The average Bonchev–Trinajstić information content (AvgIpc) is 2.39. The van der Waals surface area contributed by atoms with Gasteiger partial charge >= 0.3 is 5.97 Å². The lowest BCUT2D eigenvalue weighted by Crippen LogP contribution is -2.23. The molecular formula is C16H25NO3. The summed E-state index contributed by atoms with van der Waals surface area (Å²) in [6, 6.07) is 3.99. The zero-order valence-corrected chi connectivity index (χ0v) is 13.0. The van der Waals surface area contributed by atoms with Crippen molar-refractivity contribution in [3.8, 4) is 5.75 Å². The fourth-order valence-electron chi connectivity index (χ4n) is 2.11. The topological polar surface area (TPSA) is 58.6 Å². The van der Waals surface area contributed by atoms with Crippen molar-refractivity contribution < 1.29 is 14.6 Å². The van der Waals surface area contributed by atoms with Gasteiger partial charge in [-0.25, -0.2) is 0 Å². The fourth-order valence-corrected chi connectivity index (χ4v) is 2.11. The van der Waals surface area contributed by atoms with E-state index < -0.39 is 0 Å². The second-order valence-corrected chi connectivity index (χ2v) is 5.61. The highest BCUT2D eigenvalue weighted by atomic mass is 16.5. The molecule has 0 saturated carbocycles. The van der Waals surface area contributed by atoms with E-state index in [2.05, 4.69) is 37.7 Å². The Hall–Kier alpha value is -1.55. The molecule has 0 unspecified atom stereocenters. The molecule has 0 aliphatic carbocycles. The van der Waals surface area contributed by atoms with Gasteiger partial charge in [-0.3, -0.25) is 4.79 Å². The quantitative estimate of drug-likeness (QED) is 0.786. The molecule has 112 valence electrons. The maximum absolute atomic E-state index is 11.1. The standard InChI is InChI=1S/C16H25NO3/c1-10(2)13-6-12(8-17-9-15(18)20-5)7-14(11(3)4)16(13)19/h6-7,10-11,17,19H,8-9H2,1-5H3. The van der Waals surface area contributed by atoms with Crippen LogP contribution in [0.4, 0.5) is 0 Å². The third-order valence-corrected chi connectivity index (χ3v) is 3.30. The van der Waals surface area contributed by atoms with Gasteiger partial charge in [0.1, 0.15) is 5.75 Å². The number of aromatic hydroxyl groups is 1. The van der Waals surface area contributed by atoms with Crippen molar-refractivity contribution in [3.05, 3.63) is 28.8 Å². The summed E-state index contributed by atoms with van der Waals surface area (Å²) in [5, 5.41) is 13.4. The first-order valence-corrected chi connectivity index (χ1v) is 7.00. The molecule has 0 aliphatic heterocycles. The van der Waals surface area contributed by atoms with Crippen LogP contribution in [-0.4, -0.2) is 24.7 Å². The van der Waals surface area contributed by atoms with E-state index >= 15 is 0 Å². The van der Waals surface area contributed by atoms with Gasteiger partial charge in [-0.2, -0.15) is 0 Å². The number of carbonyl (C=O) groups is 1. The number of benzene rings is 1. The van der Waals surface area contributed by atoms with Crippen molar-refractivity contribution in [2.45, 2.75) is 46.1 Å². The summed E-state index contributed by atoms with van der Waals surface area (Å²) in [6.45, 7) is 9.01. The molecule has 1 rings (SSSR count). The molecule has 1 aromatic rings. The maximum Gasteiger partial charge on any atom is 0.319 e. The van der Waals surface area contributed by atoms with Crippen LogP contribution in [0.2, 0.25) is 0 Å². The Bertz CT molecular complexity index is 438. The Morgan fingerprint density at radius 3 is 2.10 bits per heavy atom. The molecule has 0 amide bonds. The third kappa shape index (κ3) is 4.23. The molecule has 0 bridgehead atoms. The van der Waals surface area contributed by atoms with Gasteiger partial charge in [-0.05, 0) is 28.5 Å². The minimum atomic E-state index is -0.281. The molecule has 0 spiro atoms. The highest BCUT2D eigenvalue weighted by molar-refractivity contribution is 5.71. The SMILES string of the molecule is COC(=O)CNCc1cc(C(C)C)c(O)c(C(C)C)c1. The Morgan fingerprint density at radius 2 is 1.70 bits per heavy atom. The van der Waals surface area contributed by atoms with Crippen LogP contribution in [0.3, 0.4) is 0 Å². The van der Waals surface area contributed by atoms with Gasteiger partial charge in [0, 0.05) is 6.54 Å². The first-order valence-electron chi connectivity index (χ1n) is 7.00. The molecule has 0 aromatic heterocycles. The molecule has 4 heteroatoms. The third-order valence-electron chi connectivity index (χ3n) is 3.30. The van der Waals surface area contributed by atoms with Crippen LogP contribution in [0.25, 0.3) is 0 Å². The minimum absolute atomic E-state index is 0.186. The van der Waals surface area contributed by atoms with Crippen molar-refractivity contribution in [2.75, 3.05) is 13.7 Å². The largest absolute Gasteiger partial charge is 0.507 e. The fraction of sp³-hybridized carbons (Fsp3) is 0.562. The predicted molar refractivity (Wildman–Crippen MR) is 80.0 cm³/mol. The van der Waals surface area contributed by atoms with Crippen LogP contribution in [0.5, 0.6) is 5.75 Å². The number of ether oxygens (including phenoxy) is 1. The Labute approximate surface area is 121 Å². The van der Waals surface area contributed by atoms with Crippen molar-refractivity contribution >= 4 is 5.97 Å². The van der Waals surface area contributed by atoms with E-state index in [-0.39, 0.29) is 24.3 Å². The number of hydrogen-bond acceptors (Lipinski definition) is 4. The number of methoxy groups -OCH3 is 1. The Kier molecular flexibility index (Phi) is 6.02. The summed E-state index contributed by atoms with van der Waals surface area (Å²) in [4.78, 5) is 11.1. The van der Waals surface area contributed by atoms with Crippen molar-refractivity contribution in [1.29, 1.82) is 0 Å². The van der Waals surface area contributed by atoms with Gasteiger partial charge < -0.3 is 15.2 Å². The number of phenols is 1. The minimum Gasteiger partial charge on any atom is -0.507 e. The molecule has 0 saturated heterocycles. The lowest BCUT2D eigenvalue weighted by molar-refractivity contribution is -0.139. The van der Waals surface area contributed by atoms with Crippen LogP contribution in [0.15, 0.2) is 12.1 Å². The highest BCUT2D eigenvalue weighted by Crippen LogP contribution is 2.34. The van der Waals surface area contributed by atoms with E-state index in [1.807, 2.05) is 12.1 Å². The van der Waals surface area contributed by atoms with Gasteiger partial charge in [0.15, 0.2) is 0 Å². The lowest BCUT2D eigenvalue weighted by atomic mass is 9.91. The zero-order chi connectivity index (χ0) is 15.3. The van der Waals surface area contributed by atoms with Gasteiger partial charge in [0.25, 0.3) is 0 Å². The van der Waals surface area contributed by atoms with E-state index in [0.29, 0.717) is 12.3 Å². The zero-order valence-electron chi connectivity index (χ0n) is 13.0. The number of rotatable bonds is 6. The summed E-state index contributed by atoms with van der Waals surface area (Å²) in [5.74, 6) is 0.629. The predicted octanol–water partition coefficient (Wildman–Crippen LogP) is 2.90. The van der Waals surface area contributed by atoms with Crippen LogP contribution < -0.4 is 5.32 Å². The van der Waals surface area contributed by atoms with Crippen LogP contribution in [-0.2, 0) is 16.1 Å². The van der Waals surface area contributed by atoms with Gasteiger partial charge in [-0.15, -0.1) is 0 Å². The molecule has 2 N–H and O–H groups in total. The van der Waals surface area contributed by atoms with E-state index in [9.17, 15) is 9.90 Å². The van der Waals surface area contributed by atoms with Crippen LogP contribution >= 0.6 is 0 Å². The van der Waals surface area contributed by atoms with E-state index in [1.54, 1.807) is 0 Å². The van der Waals surface area contributed by atoms with E-state index in [4.69, 9.17) is 0 Å². The monoisotopic (exact) mass is 279 g/mol. The van der Waals surface area contributed by atoms with Gasteiger partial charge in [0.05, 0.1) is 13.7 Å². The smallest absolute Gasteiger partial charge is 0.319 e. The van der Waals surface area contributed by atoms with Crippen LogP contribution in [0, 0.1) is 0 Å². The Balaban J connectivity index is 2.93. The highest BCUT2D eigenvalue weighted by Gasteiger charge is 2.15. The molecule has 4 nitrogen and oxygen atoms in total. The van der Waals surface area contributed by atoms with Crippen molar-refractivity contribution in [1.82, 2.24) is 5.32 Å². The van der Waals surface area contributed by atoms with Gasteiger partial charge in [0.2, 0.25) is 0 Å². The van der Waals surface area contributed by atoms with Crippen molar-refractivity contribution in [3.63, 3.8) is 0 Å². The second kappa shape index (κ2) is 7.29. The molecule has 20 heavy (non-hydrogen) atoms. The summed E-state index contributed by atoms with van der Waals surface area (Å²) in [6.07, 6.45) is 0. The summed E-state index contributed by atoms with van der Waals surface area (Å²) >= 11 is 0. The van der Waals surface area contributed by atoms with Crippen molar-refractivity contribution in [2.24, 2.45) is 0 Å². The summed E-state index contributed by atoms with van der Waals surface area (Å²) < 4.78 is 4.59. The summed E-state index contributed by atoms with van der Waals surface area (Å²) in [5.41, 5.74) is 2.97. The Morgan fingerprint density at radius 1 is 1.20 bits per heavy atom.